The van der Waals surface area contributed by atoms with Crippen LogP contribution in [0, 0.1) is 0 Å². The molecule has 0 aliphatic carbocycles. The summed E-state index contributed by atoms with van der Waals surface area (Å²) in [6.07, 6.45) is 94.9. The summed E-state index contributed by atoms with van der Waals surface area (Å²) in [6, 6.07) is -0.628. The number of amides is 1. The van der Waals surface area contributed by atoms with Gasteiger partial charge >= 0.3 is 5.97 Å². The van der Waals surface area contributed by atoms with Crippen LogP contribution in [0.5, 0.6) is 0 Å². The first kappa shape index (κ1) is 80.8. The van der Waals surface area contributed by atoms with Crippen molar-refractivity contribution in [2.75, 3.05) is 13.2 Å². The zero-order valence-corrected chi connectivity index (χ0v) is 55.9. The van der Waals surface area contributed by atoms with Gasteiger partial charge in [0, 0.05) is 12.8 Å². The molecule has 0 bridgehead atoms. The minimum absolute atomic E-state index is 0.0128. The van der Waals surface area contributed by atoms with E-state index in [0.717, 1.165) is 51.4 Å². The molecule has 0 aliphatic heterocycles. The van der Waals surface area contributed by atoms with Crippen molar-refractivity contribution in [1.82, 2.24) is 5.32 Å². The van der Waals surface area contributed by atoms with Gasteiger partial charge in [-0.3, -0.25) is 9.59 Å². The molecular formula is C77H145NO5. The van der Waals surface area contributed by atoms with Gasteiger partial charge in [-0.25, -0.2) is 0 Å². The van der Waals surface area contributed by atoms with Crippen molar-refractivity contribution in [3.05, 3.63) is 48.6 Å². The fourth-order valence-corrected chi connectivity index (χ4v) is 11.6. The Morgan fingerprint density at radius 1 is 0.337 bits per heavy atom. The van der Waals surface area contributed by atoms with Crippen molar-refractivity contribution >= 4 is 11.9 Å². The van der Waals surface area contributed by atoms with Gasteiger partial charge in [0.2, 0.25) is 5.91 Å². The second-order valence-corrected chi connectivity index (χ2v) is 25.6. The fraction of sp³-hybridized carbons (Fsp3) is 0.870. The fourth-order valence-electron chi connectivity index (χ4n) is 11.6. The van der Waals surface area contributed by atoms with E-state index in [0.29, 0.717) is 19.4 Å². The first-order valence-corrected chi connectivity index (χ1v) is 37.4. The lowest BCUT2D eigenvalue weighted by Crippen LogP contribution is -2.45. The molecule has 83 heavy (non-hydrogen) atoms. The van der Waals surface area contributed by atoms with Crippen molar-refractivity contribution in [2.45, 2.75) is 418 Å². The minimum Gasteiger partial charge on any atom is -0.466 e. The number of hydrogen-bond acceptors (Lipinski definition) is 5. The Labute approximate surface area is 518 Å². The van der Waals surface area contributed by atoms with E-state index in [1.54, 1.807) is 6.08 Å². The van der Waals surface area contributed by atoms with E-state index >= 15 is 0 Å². The number of hydrogen-bond donors (Lipinski definition) is 3. The van der Waals surface area contributed by atoms with Crippen LogP contribution in [0.4, 0.5) is 0 Å². The van der Waals surface area contributed by atoms with E-state index in [1.807, 2.05) is 6.08 Å². The first-order chi connectivity index (χ1) is 41.0. The van der Waals surface area contributed by atoms with Gasteiger partial charge in [-0.05, 0) is 89.9 Å². The second kappa shape index (κ2) is 72.3. The van der Waals surface area contributed by atoms with Gasteiger partial charge in [0.15, 0.2) is 0 Å². The molecule has 1 amide bonds. The van der Waals surface area contributed by atoms with E-state index in [9.17, 15) is 19.8 Å². The molecule has 6 heteroatoms. The molecule has 0 aliphatic rings. The molecule has 0 aromatic rings. The standard InChI is InChI=1S/C77H145NO5/c1-3-5-7-9-11-13-15-17-19-21-35-39-43-47-51-55-59-63-67-71-77(82)83-72-68-64-60-56-52-48-44-40-37-34-32-30-28-26-24-22-23-25-27-29-31-33-36-38-42-46-50-54-58-62-66-70-76(81)78-74(73-79)75(80)69-65-61-57-53-49-45-41-20-18-16-14-12-10-8-6-4-2/h17,19,24,26,30,32,65,69,74-75,79-80H,3-16,18,20-23,25,27-29,31,33-64,66-68,70-73H2,1-2H3,(H,78,81)/b19-17-,26-24-,32-30-,69-65+. The van der Waals surface area contributed by atoms with Gasteiger partial charge in [0.1, 0.15) is 0 Å². The molecule has 2 unspecified atom stereocenters. The van der Waals surface area contributed by atoms with E-state index < -0.39 is 12.1 Å². The zero-order chi connectivity index (χ0) is 59.9. The predicted molar refractivity (Wildman–Crippen MR) is 366 cm³/mol. The summed E-state index contributed by atoms with van der Waals surface area (Å²) in [5.74, 6) is -0.0523. The number of aliphatic hydroxyl groups excluding tert-OH is 2. The lowest BCUT2D eigenvalue weighted by molar-refractivity contribution is -0.143. The molecular weight excluding hydrogens is 1020 g/mol. The van der Waals surface area contributed by atoms with Gasteiger partial charge in [0.05, 0.1) is 25.4 Å². The minimum atomic E-state index is -0.845. The summed E-state index contributed by atoms with van der Waals surface area (Å²) in [5.41, 5.74) is 0. The van der Waals surface area contributed by atoms with Crippen LogP contribution < -0.4 is 5.32 Å². The highest BCUT2D eigenvalue weighted by atomic mass is 16.5. The van der Waals surface area contributed by atoms with Crippen LogP contribution in [0.2, 0.25) is 0 Å². The molecule has 0 spiro atoms. The van der Waals surface area contributed by atoms with Crippen LogP contribution in [0.15, 0.2) is 48.6 Å². The molecule has 3 N–H and O–H groups in total. The number of aliphatic hydroxyl groups is 2. The highest BCUT2D eigenvalue weighted by Crippen LogP contribution is 2.18. The van der Waals surface area contributed by atoms with Crippen LogP contribution in [-0.4, -0.2) is 47.4 Å². The second-order valence-electron chi connectivity index (χ2n) is 25.6. The highest BCUT2D eigenvalue weighted by molar-refractivity contribution is 5.76. The van der Waals surface area contributed by atoms with Crippen LogP contribution in [0.25, 0.3) is 0 Å². The van der Waals surface area contributed by atoms with Crippen molar-refractivity contribution in [3.63, 3.8) is 0 Å². The molecule has 6 nitrogen and oxygen atoms in total. The quantitative estimate of drug-likeness (QED) is 0.0320. The van der Waals surface area contributed by atoms with Gasteiger partial charge in [-0.2, -0.15) is 0 Å². The van der Waals surface area contributed by atoms with E-state index in [-0.39, 0.29) is 18.5 Å². The number of nitrogens with one attached hydrogen (secondary N) is 1. The maximum absolute atomic E-state index is 12.5. The molecule has 0 aromatic heterocycles. The third-order valence-corrected chi connectivity index (χ3v) is 17.3. The number of esters is 1. The summed E-state index contributed by atoms with van der Waals surface area (Å²) in [6.45, 7) is 4.93. The van der Waals surface area contributed by atoms with Crippen molar-refractivity contribution < 1.29 is 24.5 Å². The topological polar surface area (TPSA) is 95.9 Å². The highest BCUT2D eigenvalue weighted by Gasteiger charge is 2.18. The molecule has 0 aromatic carbocycles. The predicted octanol–water partition coefficient (Wildman–Crippen LogP) is 24.4. The Kier molecular flexibility index (Phi) is 70.4. The van der Waals surface area contributed by atoms with E-state index in [2.05, 4.69) is 55.6 Å². The SMILES string of the molecule is CCCCCCCC/C=C\CCCCCCCCCCCC(=O)OCCCCCCCCCCC/C=C\C/C=C\CCCCCCCCCCCCCCCCCC(=O)NC(CO)C(O)/C=C/CCCCCCCCCCCCCCCC. The normalized spacial score (nSPS) is 12.8. The van der Waals surface area contributed by atoms with Gasteiger partial charge in [-0.1, -0.05) is 351 Å². The molecule has 0 fully saturated rings. The van der Waals surface area contributed by atoms with Crippen molar-refractivity contribution in [1.29, 1.82) is 0 Å². The molecule has 0 saturated heterocycles. The average Bonchev–Trinajstić information content (AvgIpc) is 3.49. The van der Waals surface area contributed by atoms with Crippen molar-refractivity contribution in [3.8, 4) is 0 Å². The maximum atomic E-state index is 12.5. The maximum Gasteiger partial charge on any atom is 0.305 e. The summed E-state index contributed by atoms with van der Waals surface area (Å²) in [7, 11) is 0. The van der Waals surface area contributed by atoms with Gasteiger partial charge < -0.3 is 20.3 Å². The van der Waals surface area contributed by atoms with Crippen LogP contribution in [0.3, 0.4) is 0 Å². The number of rotatable bonds is 70. The Hall–Kier alpha value is -2.18. The summed E-state index contributed by atoms with van der Waals surface area (Å²) >= 11 is 0. The molecule has 0 rings (SSSR count). The number of carbonyl (C=O) groups excluding carboxylic acids is 2. The summed E-state index contributed by atoms with van der Waals surface area (Å²) in [5, 5.41) is 23.2. The molecule has 0 saturated carbocycles. The van der Waals surface area contributed by atoms with Gasteiger partial charge in [-0.15, -0.1) is 0 Å². The number of ether oxygens (including phenoxy) is 1. The number of unbranched alkanes of at least 4 members (excludes halogenated alkanes) is 53. The van der Waals surface area contributed by atoms with Crippen LogP contribution in [-0.2, 0) is 14.3 Å². The van der Waals surface area contributed by atoms with E-state index in [4.69, 9.17) is 4.74 Å². The smallest absolute Gasteiger partial charge is 0.305 e. The third-order valence-electron chi connectivity index (χ3n) is 17.3. The lowest BCUT2D eigenvalue weighted by Gasteiger charge is -2.20. The zero-order valence-electron chi connectivity index (χ0n) is 55.9. The Morgan fingerprint density at radius 3 is 0.928 bits per heavy atom. The van der Waals surface area contributed by atoms with Crippen molar-refractivity contribution in [2.24, 2.45) is 0 Å². The molecule has 0 radical (unpaired) electrons. The monoisotopic (exact) mass is 1160 g/mol. The van der Waals surface area contributed by atoms with Gasteiger partial charge in [0.25, 0.3) is 0 Å². The third kappa shape index (κ3) is 68.8. The Balaban J connectivity index is 3.39. The van der Waals surface area contributed by atoms with Crippen LogP contribution >= 0.6 is 0 Å². The Bertz CT molecular complexity index is 1390. The molecule has 0 heterocycles. The average molecular weight is 1170 g/mol. The van der Waals surface area contributed by atoms with Crippen LogP contribution in [0.1, 0.15) is 406 Å². The largest absolute Gasteiger partial charge is 0.466 e. The first-order valence-electron chi connectivity index (χ1n) is 37.4. The summed E-state index contributed by atoms with van der Waals surface area (Å²) in [4.78, 5) is 24.6. The molecule has 2 atom stereocenters. The summed E-state index contributed by atoms with van der Waals surface area (Å²) < 4.78 is 5.51. The molecule has 488 valence electrons. The Morgan fingerprint density at radius 2 is 0.602 bits per heavy atom. The van der Waals surface area contributed by atoms with E-state index in [1.165, 1.54) is 327 Å². The number of allylic oxidation sites excluding steroid dienone is 7. The lowest BCUT2D eigenvalue weighted by atomic mass is 10.0. The number of carbonyl (C=O) groups is 2.